The van der Waals surface area contributed by atoms with Crippen molar-refractivity contribution in [1.29, 1.82) is 5.26 Å². The number of nitrogens with one attached hydrogen (secondary N) is 2. The van der Waals surface area contributed by atoms with Crippen molar-refractivity contribution in [3.8, 4) is 11.8 Å². The van der Waals surface area contributed by atoms with Crippen LogP contribution in [0, 0.1) is 22.7 Å². The second-order valence-electron chi connectivity index (χ2n) is 10.2. The number of nitrogens with zero attached hydrogens (tertiary/aromatic N) is 3. The van der Waals surface area contributed by atoms with Gasteiger partial charge in [0.15, 0.2) is 0 Å². The first kappa shape index (κ1) is 25.5. The quantitative estimate of drug-likeness (QED) is 0.605. The average Bonchev–Trinajstić information content (AvgIpc) is 2.77. The van der Waals surface area contributed by atoms with E-state index in [0.717, 1.165) is 26.1 Å². The number of likely N-dealkylation sites (tertiary alicyclic amines) is 1. The Kier molecular flexibility index (Phi) is 8.15. The van der Waals surface area contributed by atoms with Crippen LogP contribution in [0.15, 0.2) is 27.4 Å². The maximum Gasteiger partial charge on any atom is 0.441 e. The lowest BCUT2D eigenvalue weighted by Gasteiger charge is -2.36. The van der Waals surface area contributed by atoms with Gasteiger partial charge in [0.05, 0.1) is 24.5 Å². The first-order chi connectivity index (χ1) is 16.1. The molecule has 2 aromatic rings. The third-order valence-corrected chi connectivity index (χ3v) is 5.88. The monoisotopic (exact) mass is 469 g/mol. The summed E-state index contributed by atoms with van der Waals surface area (Å²) in [6.07, 6.45) is 2.14. The molecule has 0 bridgehead atoms. The topological polar surface area (TPSA) is 120 Å². The molecule has 1 fully saturated rings. The number of methoxy groups -OCH3 is 1. The van der Waals surface area contributed by atoms with Crippen molar-refractivity contribution in [3.63, 3.8) is 0 Å². The van der Waals surface area contributed by atoms with Crippen LogP contribution in [-0.4, -0.2) is 54.6 Å². The van der Waals surface area contributed by atoms with E-state index in [1.807, 2.05) is 0 Å². The number of amides is 1. The minimum absolute atomic E-state index is 0.112. The molecule has 184 valence electrons. The summed E-state index contributed by atoms with van der Waals surface area (Å²) >= 11 is 0. The van der Waals surface area contributed by atoms with E-state index in [-0.39, 0.29) is 23.3 Å². The molecule has 1 aliphatic heterocycles. The minimum atomic E-state index is -0.752. The number of ether oxygens (including phenoxy) is 1. The number of aromatic nitrogens is 1. The van der Waals surface area contributed by atoms with Gasteiger partial charge in [0.25, 0.3) is 0 Å². The number of carbonyl (C=O) groups excluding carboxylic acids is 1. The van der Waals surface area contributed by atoms with E-state index in [1.165, 1.54) is 7.11 Å². The summed E-state index contributed by atoms with van der Waals surface area (Å²) in [6.45, 7) is 10.6. The highest BCUT2D eigenvalue weighted by Gasteiger charge is 2.32. The molecule has 9 heteroatoms. The van der Waals surface area contributed by atoms with E-state index in [2.05, 4.69) is 54.3 Å². The smallest absolute Gasteiger partial charge is 0.441 e. The summed E-state index contributed by atoms with van der Waals surface area (Å²) in [5, 5.41) is 16.4. The van der Waals surface area contributed by atoms with Gasteiger partial charge in [0.1, 0.15) is 23.2 Å². The Morgan fingerprint density at radius 1 is 1.38 bits per heavy atom. The Morgan fingerprint density at radius 2 is 2.15 bits per heavy atom. The van der Waals surface area contributed by atoms with Gasteiger partial charge in [0.2, 0.25) is 5.91 Å². The molecule has 3 rings (SSSR count). The van der Waals surface area contributed by atoms with Gasteiger partial charge < -0.3 is 24.7 Å². The van der Waals surface area contributed by atoms with E-state index in [1.54, 1.807) is 18.2 Å². The van der Waals surface area contributed by atoms with Crippen LogP contribution in [0.3, 0.4) is 0 Å². The zero-order valence-electron chi connectivity index (χ0n) is 20.7. The van der Waals surface area contributed by atoms with Crippen LogP contribution in [0.1, 0.15) is 47.0 Å². The fourth-order valence-corrected chi connectivity index (χ4v) is 4.46. The Labute approximate surface area is 200 Å². The van der Waals surface area contributed by atoms with E-state index >= 15 is 0 Å². The molecular formula is C25H35N5O4. The lowest BCUT2D eigenvalue weighted by molar-refractivity contribution is -0.123. The standard InChI is InChI=1S/C25H35N5O4/c1-6-9-30-14-16(13-26)10-17(15-30)27-23(31)20(12-25(2,3)4)28-22-19-8-7-18(33-5)11-21(19)34-24(32)29-22/h7-8,11,16-17,20H,6,9-10,12,14-15H2,1-5H3,(H,27,31)(H,28,29,32)/t16?,17?,20-/m0/s1. The number of piperidine rings is 1. The Hall–Kier alpha value is -3.12. The van der Waals surface area contributed by atoms with Crippen molar-refractivity contribution in [3.05, 3.63) is 28.7 Å². The SMILES string of the molecule is CCCN1CC(C#N)CC(NC(=O)[C@H](CC(C)(C)C)Nc2nc(=O)oc3cc(OC)ccc23)C1. The lowest BCUT2D eigenvalue weighted by Crippen LogP contribution is -2.54. The summed E-state index contributed by atoms with van der Waals surface area (Å²) in [6, 6.07) is 6.75. The van der Waals surface area contributed by atoms with Crippen LogP contribution in [0.4, 0.5) is 5.82 Å². The molecule has 34 heavy (non-hydrogen) atoms. The molecule has 2 unspecified atom stereocenters. The van der Waals surface area contributed by atoms with Crippen molar-refractivity contribution < 1.29 is 13.9 Å². The number of anilines is 1. The normalized spacial score (nSPS) is 19.9. The molecular weight excluding hydrogens is 434 g/mol. The van der Waals surface area contributed by atoms with Gasteiger partial charge in [-0.2, -0.15) is 10.2 Å². The number of rotatable bonds is 8. The summed E-state index contributed by atoms with van der Waals surface area (Å²) in [7, 11) is 1.53. The highest BCUT2D eigenvalue weighted by atomic mass is 16.5. The maximum atomic E-state index is 13.5. The number of fused-ring (bicyclic) bond motifs is 1. The predicted octanol–water partition coefficient (Wildman–Crippen LogP) is 3.15. The van der Waals surface area contributed by atoms with Gasteiger partial charge in [-0.1, -0.05) is 27.7 Å². The van der Waals surface area contributed by atoms with Crippen molar-refractivity contribution in [2.45, 2.75) is 59.0 Å². The number of hydrogen-bond donors (Lipinski definition) is 2. The van der Waals surface area contributed by atoms with E-state index < -0.39 is 11.8 Å². The second kappa shape index (κ2) is 10.9. The third kappa shape index (κ3) is 6.70. The molecule has 0 radical (unpaired) electrons. The Balaban J connectivity index is 1.85. The molecule has 0 saturated carbocycles. The second-order valence-corrected chi connectivity index (χ2v) is 10.2. The van der Waals surface area contributed by atoms with Crippen LogP contribution in [0.5, 0.6) is 5.75 Å². The molecule has 3 atom stereocenters. The van der Waals surface area contributed by atoms with Crippen LogP contribution < -0.4 is 21.1 Å². The van der Waals surface area contributed by atoms with Gasteiger partial charge in [-0.15, -0.1) is 0 Å². The largest absolute Gasteiger partial charge is 0.497 e. The summed E-state index contributed by atoms with van der Waals surface area (Å²) in [5.74, 6) is -0.189. The van der Waals surface area contributed by atoms with Gasteiger partial charge in [-0.3, -0.25) is 4.79 Å². The van der Waals surface area contributed by atoms with E-state index in [9.17, 15) is 14.9 Å². The Morgan fingerprint density at radius 3 is 2.79 bits per heavy atom. The molecule has 1 aliphatic rings. The third-order valence-electron chi connectivity index (χ3n) is 5.88. The highest BCUT2D eigenvalue weighted by Crippen LogP contribution is 2.28. The summed E-state index contributed by atoms with van der Waals surface area (Å²) in [5.41, 5.74) is 0.167. The maximum absolute atomic E-state index is 13.5. The van der Waals surface area contributed by atoms with Gasteiger partial charge in [-0.25, -0.2) is 4.79 Å². The van der Waals surface area contributed by atoms with E-state index in [0.29, 0.717) is 35.4 Å². The number of nitriles is 1. The van der Waals surface area contributed by atoms with E-state index in [4.69, 9.17) is 9.15 Å². The molecule has 2 heterocycles. The number of benzene rings is 1. The van der Waals surface area contributed by atoms with Crippen LogP contribution in [0.25, 0.3) is 11.0 Å². The molecule has 1 saturated heterocycles. The molecule has 0 aliphatic carbocycles. The fraction of sp³-hybridized carbons (Fsp3) is 0.600. The van der Waals surface area contributed by atoms with Crippen LogP contribution >= 0.6 is 0 Å². The number of carbonyl (C=O) groups is 1. The Bertz CT molecular complexity index is 1100. The summed E-state index contributed by atoms with van der Waals surface area (Å²) in [4.78, 5) is 31.8. The fourth-order valence-electron chi connectivity index (χ4n) is 4.46. The molecule has 1 aromatic carbocycles. The van der Waals surface area contributed by atoms with Crippen LogP contribution in [-0.2, 0) is 4.79 Å². The average molecular weight is 470 g/mol. The highest BCUT2D eigenvalue weighted by molar-refractivity contribution is 5.91. The first-order valence-electron chi connectivity index (χ1n) is 11.8. The van der Waals surface area contributed by atoms with Crippen LogP contribution in [0.2, 0.25) is 0 Å². The molecule has 1 aromatic heterocycles. The predicted molar refractivity (Wildman–Crippen MR) is 131 cm³/mol. The van der Waals surface area contributed by atoms with Gasteiger partial charge in [0, 0.05) is 25.2 Å². The molecule has 2 N–H and O–H groups in total. The van der Waals surface area contributed by atoms with Crippen molar-refractivity contribution in [1.82, 2.24) is 15.2 Å². The van der Waals surface area contributed by atoms with Gasteiger partial charge in [-0.05, 0) is 43.4 Å². The minimum Gasteiger partial charge on any atom is -0.497 e. The summed E-state index contributed by atoms with van der Waals surface area (Å²) < 4.78 is 10.5. The first-order valence-corrected chi connectivity index (χ1v) is 11.8. The zero-order valence-corrected chi connectivity index (χ0v) is 20.7. The van der Waals surface area contributed by atoms with Crippen molar-refractivity contribution >= 4 is 22.7 Å². The molecule has 0 spiro atoms. The van der Waals surface area contributed by atoms with Crippen molar-refractivity contribution in [2.75, 3.05) is 32.1 Å². The molecule has 1 amide bonds. The van der Waals surface area contributed by atoms with Gasteiger partial charge >= 0.3 is 5.76 Å². The zero-order chi connectivity index (χ0) is 24.9. The lowest BCUT2D eigenvalue weighted by atomic mass is 9.87. The van der Waals surface area contributed by atoms with Crippen molar-refractivity contribution in [2.24, 2.45) is 11.3 Å². The molecule has 9 nitrogen and oxygen atoms in total. The number of hydrogen-bond acceptors (Lipinski definition) is 8.